The van der Waals surface area contributed by atoms with Crippen molar-refractivity contribution in [2.45, 2.75) is 84.7 Å². The number of imide groups is 1. The van der Waals surface area contributed by atoms with Crippen molar-refractivity contribution in [1.82, 2.24) is 4.90 Å². The molecule has 3 aliphatic rings. The third-order valence-electron chi connectivity index (χ3n) is 8.54. The van der Waals surface area contributed by atoms with Crippen LogP contribution in [0.25, 0.3) is 0 Å². The van der Waals surface area contributed by atoms with Gasteiger partial charge in [-0.2, -0.15) is 0 Å². The van der Waals surface area contributed by atoms with Gasteiger partial charge in [-0.05, 0) is 66.0 Å². The van der Waals surface area contributed by atoms with Gasteiger partial charge in [0.15, 0.2) is 6.61 Å². The molecule has 1 saturated heterocycles. The van der Waals surface area contributed by atoms with Crippen molar-refractivity contribution >= 4 is 12.0 Å². The van der Waals surface area contributed by atoms with E-state index >= 15 is 0 Å². The summed E-state index contributed by atoms with van der Waals surface area (Å²) in [6.07, 6.45) is 9.23. The van der Waals surface area contributed by atoms with Gasteiger partial charge < -0.3 is 14.6 Å². The minimum Gasteiger partial charge on any atom is -0.483 e. The minimum absolute atomic E-state index is 0.0325. The van der Waals surface area contributed by atoms with E-state index in [0.29, 0.717) is 17.8 Å². The van der Waals surface area contributed by atoms with E-state index < -0.39 is 6.09 Å². The second-order valence-corrected chi connectivity index (χ2v) is 11.1. The van der Waals surface area contributed by atoms with E-state index in [-0.39, 0.29) is 37.2 Å². The average molecular weight is 472 g/mol. The van der Waals surface area contributed by atoms with Gasteiger partial charge in [-0.15, -0.1) is 0 Å². The monoisotopic (exact) mass is 471 g/mol. The number of amides is 2. The van der Waals surface area contributed by atoms with Crippen molar-refractivity contribution < 1.29 is 24.2 Å². The Morgan fingerprint density at radius 2 is 2.15 bits per heavy atom. The molecule has 0 radical (unpaired) electrons. The first-order valence-corrected chi connectivity index (χ1v) is 13.2. The molecule has 0 aromatic heterocycles. The van der Waals surface area contributed by atoms with Gasteiger partial charge in [-0.1, -0.05) is 65.0 Å². The van der Waals surface area contributed by atoms with Crippen LogP contribution in [0.3, 0.4) is 0 Å². The normalized spacial score (nSPS) is 28.9. The number of cyclic esters (lactones) is 1. The highest BCUT2D eigenvalue weighted by molar-refractivity contribution is 5.93. The molecule has 6 heteroatoms. The Hall–Kier alpha value is -2.08. The van der Waals surface area contributed by atoms with Crippen molar-refractivity contribution in [2.24, 2.45) is 23.2 Å². The second kappa shape index (κ2) is 10.7. The topological polar surface area (TPSA) is 76.1 Å². The molecule has 1 N–H and O–H groups in total. The Labute approximate surface area is 204 Å². The quantitative estimate of drug-likeness (QED) is 0.478. The van der Waals surface area contributed by atoms with Crippen LogP contribution in [0, 0.1) is 23.2 Å². The molecule has 0 spiro atoms. The fourth-order valence-electron chi connectivity index (χ4n) is 6.54. The van der Waals surface area contributed by atoms with Gasteiger partial charge in [0.25, 0.3) is 5.91 Å². The van der Waals surface area contributed by atoms with Gasteiger partial charge in [-0.3, -0.25) is 4.79 Å². The standard InChI is InChI=1S/C28H41NO5/c1-4-5-6-8-19(2)11-12-21-23-15-20-9-7-10-25(22(20)16-28(23,3)17-24(21)30)34-18-26(31)29-13-14-33-27(29)32/h7,9-10,19,21,23-24,30H,4-6,8,11-18H2,1-3H3/t19-,21?,23+,24+,28-/m0/s1. The smallest absolute Gasteiger partial charge is 0.416 e. The lowest BCUT2D eigenvalue weighted by molar-refractivity contribution is -0.129. The highest BCUT2D eigenvalue weighted by atomic mass is 16.6. The van der Waals surface area contributed by atoms with Crippen LogP contribution in [-0.4, -0.2) is 47.9 Å². The maximum absolute atomic E-state index is 12.4. The predicted molar refractivity (Wildman–Crippen MR) is 131 cm³/mol. The van der Waals surface area contributed by atoms with Crippen molar-refractivity contribution in [3.05, 3.63) is 29.3 Å². The first-order valence-electron chi connectivity index (χ1n) is 13.2. The first-order chi connectivity index (χ1) is 16.3. The molecule has 1 aliphatic heterocycles. The molecule has 0 bridgehead atoms. The lowest BCUT2D eigenvalue weighted by Crippen LogP contribution is -2.36. The van der Waals surface area contributed by atoms with Crippen LogP contribution >= 0.6 is 0 Å². The minimum atomic E-state index is -0.593. The summed E-state index contributed by atoms with van der Waals surface area (Å²) in [6, 6.07) is 6.07. The number of nitrogens with zero attached hydrogens (tertiary/aromatic N) is 1. The van der Waals surface area contributed by atoms with Gasteiger partial charge >= 0.3 is 6.09 Å². The average Bonchev–Trinajstić information content (AvgIpc) is 3.33. The summed E-state index contributed by atoms with van der Waals surface area (Å²) in [7, 11) is 0. The fraction of sp³-hybridized carbons (Fsp3) is 0.714. The number of carbonyl (C=O) groups excluding carboxylic acids is 2. The largest absolute Gasteiger partial charge is 0.483 e. The molecule has 6 nitrogen and oxygen atoms in total. The highest BCUT2D eigenvalue weighted by Crippen LogP contribution is 2.56. The Bertz CT molecular complexity index is 886. The molecule has 34 heavy (non-hydrogen) atoms. The number of hydrogen-bond acceptors (Lipinski definition) is 5. The lowest BCUT2D eigenvalue weighted by atomic mass is 9.65. The number of carbonyl (C=O) groups is 2. The molecule has 1 heterocycles. The second-order valence-electron chi connectivity index (χ2n) is 11.1. The Morgan fingerprint density at radius 1 is 1.32 bits per heavy atom. The summed E-state index contributed by atoms with van der Waals surface area (Å²) >= 11 is 0. The SMILES string of the molecule is CCCCC[C@H](C)CCC1[C@H](O)C[C@]2(C)Cc3c(cccc3OCC(=O)N3CCOC3=O)C[C@H]12. The van der Waals surface area contributed by atoms with Gasteiger partial charge in [0.1, 0.15) is 12.4 Å². The molecular formula is C28H41NO5. The molecule has 1 unspecified atom stereocenters. The molecule has 1 saturated carbocycles. The number of fused-ring (bicyclic) bond motifs is 2. The molecule has 4 rings (SSSR count). The van der Waals surface area contributed by atoms with Crippen LogP contribution in [0.4, 0.5) is 4.79 Å². The summed E-state index contributed by atoms with van der Waals surface area (Å²) in [5, 5.41) is 11.1. The van der Waals surface area contributed by atoms with Crippen LogP contribution < -0.4 is 4.74 Å². The fourth-order valence-corrected chi connectivity index (χ4v) is 6.54. The molecule has 188 valence electrons. The van der Waals surface area contributed by atoms with Crippen molar-refractivity contribution in [2.75, 3.05) is 19.8 Å². The van der Waals surface area contributed by atoms with E-state index in [4.69, 9.17) is 9.47 Å². The first kappa shape index (κ1) is 25.0. The number of rotatable bonds is 10. The molecule has 2 aliphatic carbocycles. The number of ether oxygens (including phenoxy) is 2. The highest BCUT2D eigenvalue weighted by Gasteiger charge is 2.52. The maximum Gasteiger partial charge on any atom is 0.416 e. The van der Waals surface area contributed by atoms with E-state index in [1.807, 2.05) is 12.1 Å². The van der Waals surface area contributed by atoms with Crippen molar-refractivity contribution in [3.8, 4) is 5.75 Å². The van der Waals surface area contributed by atoms with E-state index in [1.165, 1.54) is 37.7 Å². The zero-order valence-electron chi connectivity index (χ0n) is 21.1. The van der Waals surface area contributed by atoms with Crippen molar-refractivity contribution in [1.29, 1.82) is 0 Å². The zero-order valence-corrected chi connectivity index (χ0v) is 21.1. The van der Waals surface area contributed by atoms with E-state index in [0.717, 1.165) is 41.9 Å². The van der Waals surface area contributed by atoms with Crippen molar-refractivity contribution in [3.63, 3.8) is 0 Å². The van der Waals surface area contributed by atoms with Crippen LogP contribution in [0.5, 0.6) is 5.75 Å². The molecule has 1 aromatic rings. The maximum atomic E-state index is 12.4. The van der Waals surface area contributed by atoms with Gasteiger partial charge in [-0.25, -0.2) is 9.69 Å². The van der Waals surface area contributed by atoms with Gasteiger partial charge in [0, 0.05) is 0 Å². The molecular weight excluding hydrogens is 430 g/mol. The summed E-state index contributed by atoms with van der Waals surface area (Å²) in [5.41, 5.74) is 2.45. The third-order valence-corrected chi connectivity index (χ3v) is 8.54. The van der Waals surface area contributed by atoms with Crippen LogP contribution in [0.2, 0.25) is 0 Å². The summed E-state index contributed by atoms with van der Waals surface area (Å²) < 4.78 is 10.8. The Balaban J connectivity index is 1.41. The number of unbranched alkanes of at least 4 members (excludes halogenated alkanes) is 2. The van der Waals surface area contributed by atoms with Gasteiger partial charge in [0.05, 0.1) is 12.6 Å². The number of hydrogen-bond donors (Lipinski definition) is 1. The summed E-state index contributed by atoms with van der Waals surface area (Å²) in [4.78, 5) is 25.2. The molecule has 1 aromatic carbocycles. The van der Waals surface area contributed by atoms with E-state index in [9.17, 15) is 14.7 Å². The summed E-state index contributed by atoms with van der Waals surface area (Å²) in [6.45, 7) is 7.28. The van der Waals surface area contributed by atoms with E-state index in [2.05, 4.69) is 26.8 Å². The zero-order chi connectivity index (χ0) is 24.3. The van der Waals surface area contributed by atoms with Gasteiger partial charge in [0.2, 0.25) is 0 Å². The van der Waals surface area contributed by atoms with Crippen LogP contribution in [-0.2, 0) is 22.4 Å². The van der Waals surface area contributed by atoms with Crippen LogP contribution in [0.1, 0.15) is 76.8 Å². The number of aliphatic hydroxyl groups is 1. The van der Waals surface area contributed by atoms with E-state index in [1.54, 1.807) is 0 Å². The molecule has 2 fully saturated rings. The number of benzene rings is 1. The Morgan fingerprint density at radius 3 is 2.88 bits per heavy atom. The number of aliphatic hydroxyl groups excluding tert-OH is 1. The summed E-state index contributed by atoms with van der Waals surface area (Å²) in [5.74, 6) is 1.88. The third kappa shape index (κ3) is 5.27. The molecule has 2 amide bonds. The van der Waals surface area contributed by atoms with Crippen LogP contribution in [0.15, 0.2) is 18.2 Å². The lowest BCUT2D eigenvalue weighted by Gasteiger charge is -2.40. The Kier molecular flexibility index (Phi) is 7.86. The predicted octanol–water partition coefficient (Wildman–Crippen LogP) is 5.14. The molecule has 5 atom stereocenters.